The summed E-state index contributed by atoms with van der Waals surface area (Å²) in [6, 6.07) is -0.229. The van der Waals surface area contributed by atoms with E-state index in [1.54, 1.807) is 18.3 Å². The van der Waals surface area contributed by atoms with Crippen molar-refractivity contribution in [3.63, 3.8) is 0 Å². The van der Waals surface area contributed by atoms with Crippen LogP contribution in [0, 0.1) is 6.92 Å². The average Bonchev–Trinajstić information content (AvgIpc) is 3.11. The van der Waals surface area contributed by atoms with Gasteiger partial charge in [-0.25, -0.2) is 9.78 Å². The van der Waals surface area contributed by atoms with E-state index in [4.69, 9.17) is 4.52 Å². The maximum atomic E-state index is 12.0. The number of anilines is 1. The summed E-state index contributed by atoms with van der Waals surface area (Å²) in [5.74, 6) is 0.629. The van der Waals surface area contributed by atoms with E-state index in [0.717, 1.165) is 36.4 Å². The van der Waals surface area contributed by atoms with Crippen LogP contribution in [0.3, 0.4) is 0 Å². The highest BCUT2D eigenvalue weighted by Crippen LogP contribution is 2.26. The predicted octanol–water partition coefficient (Wildman–Crippen LogP) is 3.24. The van der Waals surface area contributed by atoms with Gasteiger partial charge in [0.05, 0.1) is 10.7 Å². The van der Waals surface area contributed by atoms with Crippen LogP contribution in [0.4, 0.5) is 10.5 Å². The maximum absolute atomic E-state index is 12.0. The summed E-state index contributed by atoms with van der Waals surface area (Å²) in [5.41, 5.74) is 2.72. The van der Waals surface area contributed by atoms with Crippen LogP contribution in [0.2, 0.25) is 0 Å². The molecule has 124 valence electrons. The van der Waals surface area contributed by atoms with Gasteiger partial charge in [-0.1, -0.05) is 12.1 Å². The summed E-state index contributed by atoms with van der Waals surface area (Å²) in [7, 11) is 0. The Balaban J connectivity index is 1.49. The van der Waals surface area contributed by atoms with Crippen molar-refractivity contribution in [3.05, 3.63) is 27.0 Å². The van der Waals surface area contributed by atoms with E-state index in [1.165, 1.54) is 23.4 Å². The summed E-state index contributed by atoms with van der Waals surface area (Å²) in [6.07, 6.45) is 6.27. The normalized spacial score (nSPS) is 13.7. The third kappa shape index (κ3) is 3.72. The zero-order chi connectivity index (χ0) is 16.2. The molecule has 0 spiro atoms. The number of nitrogens with one attached hydrogen (secondary N) is 2. The zero-order valence-electron chi connectivity index (χ0n) is 13.6. The van der Waals surface area contributed by atoms with Gasteiger partial charge in [-0.05, 0) is 39.0 Å². The van der Waals surface area contributed by atoms with Gasteiger partial charge in [0, 0.05) is 17.8 Å². The smallest absolute Gasteiger partial charge is 0.319 e. The van der Waals surface area contributed by atoms with Crippen molar-refractivity contribution < 1.29 is 9.32 Å². The first-order valence-electron chi connectivity index (χ1n) is 8.14. The molecule has 0 unspecified atom stereocenters. The molecule has 0 aliphatic heterocycles. The van der Waals surface area contributed by atoms with Gasteiger partial charge in [0.15, 0.2) is 5.76 Å². The van der Waals surface area contributed by atoms with Gasteiger partial charge in [0.1, 0.15) is 11.4 Å². The number of rotatable bonds is 5. The number of amides is 2. The van der Waals surface area contributed by atoms with E-state index < -0.39 is 0 Å². The van der Waals surface area contributed by atoms with E-state index in [2.05, 4.69) is 20.8 Å². The minimum atomic E-state index is -0.229. The van der Waals surface area contributed by atoms with Crippen LogP contribution in [0.15, 0.2) is 4.52 Å². The number of carbonyl (C=O) groups excluding carboxylic acids is 1. The van der Waals surface area contributed by atoms with E-state index in [-0.39, 0.29) is 6.03 Å². The number of aromatic nitrogens is 2. The molecule has 0 saturated carbocycles. The Morgan fingerprint density at radius 2 is 2.17 bits per heavy atom. The summed E-state index contributed by atoms with van der Waals surface area (Å²) in [5, 5.41) is 10.7. The number of fused-ring (bicyclic) bond motifs is 1. The number of hydrogen-bond acceptors (Lipinski definition) is 5. The second-order valence-corrected chi connectivity index (χ2v) is 6.90. The predicted molar refractivity (Wildman–Crippen MR) is 90.1 cm³/mol. The topological polar surface area (TPSA) is 80.0 Å². The molecule has 0 bridgehead atoms. The van der Waals surface area contributed by atoms with Gasteiger partial charge in [-0.3, -0.25) is 0 Å². The number of hydrogen-bond donors (Lipinski definition) is 2. The molecule has 2 aromatic heterocycles. The highest BCUT2D eigenvalue weighted by atomic mass is 32.1. The molecule has 2 heterocycles. The molecule has 0 saturated heterocycles. The fraction of sp³-hybridized carbons (Fsp3) is 0.562. The first kappa shape index (κ1) is 16.0. The standard InChI is InChI=1S/C16H22N4O2S/c1-3-11-15(10(2)22-20-11)19-16(21)17-9-8-14-18-12-6-4-5-7-13(12)23-14/h3-9H2,1-2H3,(H2,17,19,21). The van der Waals surface area contributed by atoms with Crippen molar-refractivity contribution in [1.82, 2.24) is 15.5 Å². The van der Waals surface area contributed by atoms with E-state index in [0.29, 0.717) is 18.0 Å². The lowest BCUT2D eigenvalue weighted by Crippen LogP contribution is -2.30. The Labute approximate surface area is 139 Å². The van der Waals surface area contributed by atoms with Gasteiger partial charge in [-0.2, -0.15) is 0 Å². The van der Waals surface area contributed by atoms with Gasteiger partial charge < -0.3 is 15.2 Å². The summed E-state index contributed by atoms with van der Waals surface area (Å²) >= 11 is 1.79. The lowest BCUT2D eigenvalue weighted by Gasteiger charge is -2.06. The van der Waals surface area contributed by atoms with Crippen molar-refractivity contribution >= 4 is 23.1 Å². The molecule has 7 heteroatoms. The molecule has 0 aromatic carbocycles. The van der Waals surface area contributed by atoms with Crippen LogP contribution in [-0.4, -0.2) is 22.7 Å². The molecule has 2 N–H and O–H groups in total. The Kier molecular flexibility index (Phi) is 4.95. The molecule has 2 aromatic rings. The van der Waals surface area contributed by atoms with E-state index in [9.17, 15) is 4.79 Å². The molecule has 0 radical (unpaired) electrons. The Bertz CT molecular complexity index is 669. The van der Waals surface area contributed by atoms with Crippen LogP contribution in [0.1, 0.15) is 46.8 Å². The number of urea groups is 1. The zero-order valence-corrected chi connectivity index (χ0v) is 14.4. The second-order valence-electron chi connectivity index (χ2n) is 5.73. The van der Waals surface area contributed by atoms with Crippen LogP contribution in [-0.2, 0) is 25.7 Å². The SMILES string of the molecule is CCc1noc(C)c1NC(=O)NCCc1nc2c(s1)CCCC2. The lowest BCUT2D eigenvalue weighted by atomic mass is 10.0. The fourth-order valence-corrected chi connectivity index (χ4v) is 3.93. The van der Waals surface area contributed by atoms with E-state index in [1.807, 2.05) is 6.92 Å². The molecule has 23 heavy (non-hydrogen) atoms. The number of nitrogens with zero attached hydrogens (tertiary/aromatic N) is 2. The maximum Gasteiger partial charge on any atom is 0.319 e. The van der Waals surface area contributed by atoms with Gasteiger partial charge >= 0.3 is 6.03 Å². The van der Waals surface area contributed by atoms with Gasteiger partial charge in [0.25, 0.3) is 0 Å². The summed E-state index contributed by atoms with van der Waals surface area (Å²) < 4.78 is 5.11. The second kappa shape index (κ2) is 7.12. The molecule has 1 aliphatic carbocycles. The quantitative estimate of drug-likeness (QED) is 0.879. The number of thiazole rings is 1. The van der Waals surface area contributed by atoms with E-state index >= 15 is 0 Å². The van der Waals surface area contributed by atoms with Crippen molar-refractivity contribution in [2.75, 3.05) is 11.9 Å². The third-order valence-corrected chi connectivity index (χ3v) is 5.24. The minimum absolute atomic E-state index is 0.229. The van der Waals surface area contributed by atoms with Crippen molar-refractivity contribution in [2.24, 2.45) is 0 Å². The van der Waals surface area contributed by atoms with Crippen molar-refractivity contribution in [2.45, 2.75) is 52.4 Å². The van der Waals surface area contributed by atoms with Crippen LogP contribution < -0.4 is 10.6 Å². The number of aryl methyl sites for hydroxylation is 4. The van der Waals surface area contributed by atoms with Gasteiger partial charge in [-0.15, -0.1) is 11.3 Å². The highest BCUT2D eigenvalue weighted by Gasteiger charge is 2.16. The van der Waals surface area contributed by atoms with Crippen LogP contribution >= 0.6 is 11.3 Å². The molecular formula is C16H22N4O2S. The van der Waals surface area contributed by atoms with Crippen LogP contribution in [0.5, 0.6) is 0 Å². The molecule has 0 atom stereocenters. The first-order valence-corrected chi connectivity index (χ1v) is 8.96. The molecule has 1 aliphatic rings. The molecule has 0 fully saturated rings. The van der Waals surface area contributed by atoms with Gasteiger partial charge in [0.2, 0.25) is 0 Å². The first-order chi connectivity index (χ1) is 11.2. The summed E-state index contributed by atoms with van der Waals surface area (Å²) in [4.78, 5) is 18.1. The van der Waals surface area contributed by atoms with Crippen LogP contribution in [0.25, 0.3) is 0 Å². The monoisotopic (exact) mass is 334 g/mol. The Hall–Kier alpha value is -1.89. The largest absolute Gasteiger partial charge is 0.359 e. The lowest BCUT2D eigenvalue weighted by molar-refractivity contribution is 0.252. The molecule has 6 nitrogen and oxygen atoms in total. The summed E-state index contributed by atoms with van der Waals surface area (Å²) in [6.45, 7) is 4.34. The van der Waals surface area contributed by atoms with Crippen molar-refractivity contribution in [1.29, 1.82) is 0 Å². The fourth-order valence-electron chi connectivity index (χ4n) is 2.77. The number of carbonyl (C=O) groups is 1. The minimum Gasteiger partial charge on any atom is -0.359 e. The Morgan fingerprint density at radius 1 is 1.35 bits per heavy atom. The Morgan fingerprint density at radius 3 is 2.96 bits per heavy atom. The molecular weight excluding hydrogens is 312 g/mol. The van der Waals surface area contributed by atoms with Crippen molar-refractivity contribution in [3.8, 4) is 0 Å². The molecule has 3 rings (SSSR count). The third-order valence-electron chi connectivity index (χ3n) is 4.02. The highest BCUT2D eigenvalue weighted by molar-refractivity contribution is 7.11. The molecule has 2 amide bonds. The average molecular weight is 334 g/mol.